The largest absolute Gasteiger partial charge is 0.497 e. The van der Waals surface area contributed by atoms with Crippen LogP contribution in [0.25, 0.3) is 6.08 Å². The number of carbonyl (C=O) groups excluding carboxylic acids is 1. The predicted octanol–water partition coefficient (Wildman–Crippen LogP) is 1.28. The Labute approximate surface area is 98.5 Å². The monoisotopic (exact) mass is 235 g/mol. The van der Waals surface area contributed by atoms with E-state index in [0.717, 1.165) is 0 Å². The standard InChI is InChI=1S/C12H13NO4/c1-17-9-6-5-8(3-2-4-11(13)14)10(7-9)12(15)16/h2-3,5-7H,4H2,1H3,(H2,13,14)(H,15,16). The van der Waals surface area contributed by atoms with Crippen molar-refractivity contribution < 1.29 is 19.4 Å². The van der Waals surface area contributed by atoms with Gasteiger partial charge in [0.2, 0.25) is 5.91 Å². The van der Waals surface area contributed by atoms with E-state index in [9.17, 15) is 9.59 Å². The molecule has 0 saturated carbocycles. The molecule has 1 rings (SSSR count). The van der Waals surface area contributed by atoms with Crippen LogP contribution in [-0.2, 0) is 4.79 Å². The van der Waals surface area contributed by atoms with Crippen molar-refractivity contribution in [3.05, 3.63) is 35.4 Å². The summed E-state index contributed by atoms with van der Waals surface area (Å²) in [6, 6.07) is 4.68. The van der Waals surface area contributed by atoms with Gasteiger partial charge in [0.05, 0.1) is 12.7 Å². The number of nitrogens with two attached hydrogens (primary N) is 1. The second-order valence-electron chi connectivity index (χ2n) is 3.33. The average Bonchev–Trinajstić information content (AvgIpc) is 2.28. The number of carboxylic acids is 1. The molecular weight excluding hydrogens is 222 g/mol. The molecule has 1 amide bonds. The second-order valence-corrected chi connectivity index (χ2v) is 3.33. The van der Waals surface area contributed by atoms with Crippen LogP contribution in [0.2, 0.25) is 0 Å². The zero-order valence-electron chi connectivity index (χ0n) is 9.34. The Balaban J connectivity index is 3.02. The van der Waals surface area contributed by atoms with Crippen molar-refractivity contribution in [1.29, 1.82) is 0 Å². The quantitative estimate of drug-likeness (QED) is 0.804. The van der Waals surface area contributed by atoms with Crippen LogP contribution in [0.1, 0.15) is 22.3 Å². The van der Waals surface area contributed by atoms with Gasteiger partial charge in [-0.15, -0.1) is 0 Å². The maximum Gasteiger partial charge on any atom is 0.336 e. The topological polar surface area (TPSA) is 89.6 Å². The second kappa shape index (κ2) is 5.69. The van der Waals surface area contributed by atoms with Crippen LogP contribution in [0.15, 0.2) is 24.3 Å². The van der Waals surface area contributed by atoms with E-state index in [2.05, 4.69) is 0 Å². The summed E-state index contributed by atoms with van der Waals surface area (Å²) in [5.74, 6) is -1.05. The van der Waals surface area contributed by atoms with E-state index in [4.69, 9.17) is 15.6 Å². The van der Waals surface area contributed by atoms with Gasteiger partial charge in [-0.1, -0.05) is 18.2 Å². The molecule has 5 heteroatoms. The molecule has 3 N–H and O–H groups in total. The molecule has 90 valence electrons. The molecule has 0 aliphatic carbocycles. The lowest BCUT2D eigenvalue weighted by Gasteiger charge is -2.04. The van der Waals surface area contributed by atoms with E-state index in [0.29, 0.717) is 11.3 Å². The highest BCUT2D eigenvalue weighted by atomic mass is 16.5. The molecule has 0 aliphatic heterocycles. The minimum atomic E-state index is -1.05. The van der Waals surface area contributed by atoms with Crippen molar-refractivity contribution in [2.45, 2.75) is 6.42 Å². The van der Waals surface area contributed by atoms with Crippen LogP contribution in [0, 0.1) is 0 Å². The molecule has 0 unspecified atom stereocenters. The number of methoxy groups -OCH3 is 1. The van der Waals surface area contributed by atoms with E-state index in [1.54, 1.807) is 18.2 Å². The molecule has 1 aromatic carbocycles. The number of benzene rings is 1. The van der Waals surface area contributed by atoms with Crippen LogP contribution < -0.4 is 10.5 Å². The fourth-order valence-electron chi connectivity index (χ4n) is 1.29. The van der Waals surface area contributed by atoms with Gasteiger partial charge in [0.1, 0.15) is 5.75 Å². The Morgan fingerprint density at radius 2 is 2.18 bits per heavy atom. The lowest BCUT2D eigenvalue weighted by Crippen LogP contribution is -2.08. The van der Waals surface area contributed by atoms with E-state index in [1.165, 1.54) is 19.3 Å². The number of carboxylic acid groups (broad SMARTS) is 1. The fourth-order valence-corrected chi connectivity index (χ4v) is 1.29. The predicted molar refractivity (Wildman–Crippen MR) is 62.8 cm³/mol. The molecule has 0 fully saturated rings. The van der Waals surface area contributed by atoms with Crippen molar-refractivity contribution in [3.63, 3.8) is 0 Å². The van der Waals surface area contributed by atoms with Crippen molar-refractivity contribution in [2.75, 3.05) is 7.11 Å². The number of rotatable bonds is 5. The number of carbonyl (C=O) groups is 2. The summed E-state index contributed by atoms with van der Waals surface area (Å²) in [4.78, 5) is 21.5. The first-order valence-corrected chi connectivity index (χ1v) is 4.90. The highest BCUT2D eigenvalue weighted by Gasteiger charge is 2.09. The third-order valence-corrected chi connectivity index (χ3v) is 2.11. The summed E-state index contributed by atoms with van der Waals surface area (Å²) in [7, 11) is 1.46. The Kier molecular flexibility index (Phi) is 4.28. The van der Waals surface area contributed by atoms with Gasteiger partial charge < -0.3 is 15.6 Å². The summed E-state index contributed by atoms with van der Waals surface area (Å²) >= 11 is 0. The van der Waals surface area contributed by atoms with Crippen molar-refractivity contribution in [1.82, 2.24) is 0 Å². The van der Waals surface area contributed by atoms with Crippen LogP contribution in [0.4, 0.5) is 0 Å². The number of primary amides is 1. The third kappa shape index (κ3) is 3.64. The van der Waals surface area contributed by atoms with Crippen molar-refractivity contribution in [2.24, 2.45) is 5.73 Å². The number of aromatic carboxylic acids is 1. The van der Waals surface area contributed by atoms with Crippen LogP contribution >= 0.6 is 0 Å². The van der Waals surface area contributed by atoms with Gasteiger partial charge in [-0.25, -0.2) is 4.79 Å². The minimum Gasteiger partial charge on any atom is -0.497 e. The van der Waals surface area contributed by atoms with Gasteiger partial charge >= 0.3 is 5.97 Å². The van der Waals surface area contributed by atoms with Crippen LogP contribution in [-0.4, -0.2) is 24.1 Å². The first kappa shape index (κ1) is 12.8. The lowest BCUT2D eigenvalue weighted by atomic mass is 10.1. The Morgan fingerprint density at radius 3 is 2.71 bits per heavy atom. The van der Waals surface area contributed by atoms with Gasteiger partial charge in [-0.3, -0.25) is 4.79 Å². The molecule has 1 aromatic rings. The van der Waals surface area contributed by atoms with E-state index in [1.807, 2.05) is 0 Å². The zero-order chi connectivity index (χ0) is 12.8. The molecule has 0 aromatic heterocycles. The van der Waals surface area contributed by atoms with Gasteiger partial charge in [0.15, 0.2) is 0 Å². The van der Waals surface area contributed by atoms with Gasteiger partial charge in [0, 0.05) is 6.42 Å². The fraction of sp³-hybridized carbons (Fsp3) is 0.167. The molecule has 0 bridgehead atoms. The normalized spacial score (nSPS) is 10.4. The maximum absolute atomic E-state index is 11.0. The summed E-state index contributed by atoms with van der Waals surface area (Å²) in [5.41, 5.74) is 5.59. The molecule has 17 heavy (non-hydrogen) atoms. The number of hydrogen-bond donors (Lipinski definition) is 2. The first-order valence-electron chi connectivity index (χ1n) is 4.90. The average molecular weight is 235 g/mol. The molecule has 0 spiro atoms. The van der Waals surface area contributed by atoms with Crippen LogP contribution in [0.3, 0.4) is 0 Å². The molecule has 0 heterocycles. The Morgan fingerprint density at radius 1 is 1.47 bits per heavy atom. The molecule has 0 atom stereocenters. The van der Waals surface area contributed by atoms with Crippen molar-refractivity contribution in [3.8, 4) is 5.75 Å². The molecular formula is C12H13NO4. The van der Waals surface area contributed by atoms with Crippen LogP contribution in [0.5, 0.6) is 5.75 Å². The molecule has 0 saturated heterocycles. The third-order valence-electron chi connectivity index (χ3n) is 2.11. The van der Waals surface area contributed by atoms with Gasteiger partial charge in [-0.2, -0.15) is 0 Å². The summed E-state index contributed by atoms with van der Waals surface area (Å²) in [5, 5.41) is 9.01. The smallest absolute Gasteiger partial charge is 0.336 e. The molecule has 0 radical (unpaired) electrons. The van der Waals surface area contributed by atoms with E-state index in [-0.39, 0.29) is 12.0 Å². The zero-order valence-corrected chi connectivity index (χ0v) is 9.34. The maximum atomic E-state index is 11.0. The van der Waals surface area contributed by atoms with E-state index < -0.39 is 11.9 Å². The van der Waals surface area contributed by atoms with Gasteiger partial charge in [0.25, 0.3) is 0 Å². The lowest BCUT2D eigenvalue weighted by molar-refractivity contribution is -0.117. The van der Waals surface area contributed by atoms with Gasteiger partial charge in [-0.05, 0) is 17.7 Å². The SMILES string of the molecule is COc1ccc(C=CCC(N)=O)c(C(=O)O)c1. The highest BCUT2D eigenvalue weighted by molar-refractivity contribution is 5.92. The summed E-state index contributed by atoms with van der Waals surface area (Å²) < 4.78 is 4.94. The number of ether oxygens (including phenoxy) is 1. The van der Waals surface area contributed by atoms with E-state index >= 15 is 0 Å². The molecule has 0 aliphatic rings. The first-order chi connectivity index (χ1) is 8.04. The Hall–Kier alpha value is -2.30. The number of hydrogen-bond acceptors (Lipinski definition) is 3. The van der Waals surface area contributed by atoms with Crippen molar-refractivity contribution >= 4 is 18.0 Å². The molecule has 5 nitrogen and oxygen atoms in total. The number of amides is 1. The Bertz CT molecular complexity index is 466. The highest BCUT2D eigenvalue weighted by Crippen LogP contribution is 2.19. The summed E-state index contributed by atoms with van der Waals surface area (Å²) in [6.45, 7) is 0. The summed E-state index contributed by atoms with van der Waals surface area (Å²) in [6.07, 6.45) is 3.15. The minimum absolute atomic E-state index is 0.0745.